The van der Waals surface area contributed by atoms with Crippen LogP contribution < -0.4 is 0 Å². The summed E-state index contributed by atoms with van der Waals surface area (Å²) in [6.45, 7) is 6.81. The van der Waals surface area contributed by atoms with Gasteiger partial charge in [0.2, 0.25) is 0 Å². The quantitative estimate of drug-likeness (QED) is 0.386. The Hall–Kier alpha value is 0.792. The zero-order chi connectivity index (χ0) is 9.82. The van der Waals surface area contributed by atoms with Crippen molar-refractivity contribution >= 4 is 21.4 Å². The van der Waals surface area contributed by atoms with E-state index in [9.17, 15) is 0 Å². The molecule has 0 aromatic heterocycles. The van der Waals surface area contributed by atoms with E-state index in [2.05, 4.69) is 56.7 Å². The average Bonchev–Trinajstić information content (AvgIpc) is 2.10. The van der Waals surface area contributed by atoms with Gasteiger partial charge in [-0.1, -0.05) is 0 Å². The maximum atomic E-state index is 2.89. The summed E-state index contributed by atoms with van der Waals surface area (Å²) in [5.41, 5.74) is 0. The van der Waals surface area contributed by atoms with Gasteiger partial charge in [0.1, 0.15) is 0 Å². The van der Waals surface area contributed by atoms with Crippen LogP contribution in [0.2, 0.25) is 0 Å². The fraction of sp³-hybridized carbons (Fsp3) is 0.333. The van der Waals surface area contributed by atoms with E-state index in [0.29, 0.717) is 0 Å². The van der Waals surface area contributed by atoms with Gasteiger partial charge >= 0.3 is 30.6 Å². The molecule has 72 valence electrons. The van der Waals surface area contributed by atoms with Crippen molar-refractivity contribution in [3.8, 4) is 0 Å². The molecule has 0 aliphatic heterocycles. The third-order valence-corrected chi connectivity index (χ3v) is 0.607. The summed E-state index contributed by atoms with van der Waals surface area (Å²) in [5, 5.41) is 0. The van der Waals surface area contributed by atoms with Crippen molar-refractivity contribution in [2.24, 2.45) is 0 Å². The van der Waals surface area contributed by atoms with E-state index in [1.807, 2.05) is 30.3 Å². The smallest absolute Gasteiger partial charge is 0.171 e. The number of hydrogen-bond acceptors (Lipinski definition) is 0. The summed E-state index contributed by atoms with van der Waals surface area (Å²) in [6.07, 6.45) is 0. The predicted octanol–water partition coefficient (Wildman–Crippen LogP) is 3.42. The number of halogens is 1. The Kier molecular flexibility index (Phi) is 18.2. The molecule has 0 fully saturated rings. The van der Waals surface area contributed by atoms with Crippen LogP contribution in [0.3, 0.4) is 0 Å². The van der Waals surface area contributed by atoms with Gasteiger partial charge in [-0.2, -0.15) is 36.4 Å². The summed E-state index contributed by atoms with van der Waals surface area (Å²) in [7, 11) is 0.120. The second-order valence-electron chi connectivity index (χ2n) is 2.58. The van der Waals surface area contributed by atoms with E-state index < -0.39 is 0 Å². The van der Waals surface area contributed by atoms with Crippen molar-refractivity contribution in [1.82, 2.24) is 0 Å². The molecule has 0 atom stereocenters. The van der Waals surface area contributed by atoms with E-state index in [-0.39, 0.29) is 7.92 Å². The first kappa shape index (κ1) is 15.3. The van der Waals surface area contributed by atoms with Crippen LogP contribution in [0.25, 0.3) is 0 Å². The second kappa shape index (κ2) is 14.3. The Morgan fingerprint density at radius 3 is 1.42 bits per heavy atom. The first-order valence-corrected chi connectivity index (χ1v) is 10.1. The van der Waals surface area contributed by atoms with Gasteiger partial charge in [0.15, 0.2) is 0 Å². The third kappa shape index (κ3) is 22.4. The van der Waals surface area contributed by atoms with Crippen molar-refractivity contribution in [1.29, 1.82) is 0 Å². The van der Waals surface area contributed by atoms with Gasteiger partial charge in [-0.25, -0.2) is 0 Å². The van der Waals surface area contributed by atoms with Crippen LogP contribution >= 0.6 is 21.4 Å². The summed E-state index contributed by atoms with van der Waals surface area (Å²) in [6, 6.07) is 12.5. The average molecular weight is 341 g/mol. The number of rotatable bonds is 0. The van der Waals surface area contributed by atoms with E-state index in [0.717, 1.165) is 0 Å². The molecule has 0 saturated heterocycles. The molecular weight excluding hydrogens is 325 g/mol. The molecule has 0 amide bonds. The van der Waals surface area contributed by atoms with Gasteiger partial charge in [0, 0.05) is 20.0 Å². The second-order valence-corrected chi connectivity index (χ2v) is 5.58. The van der Waals surface area contributed by atoms with Gasteiger partial charge in [-0.3, -0.25) is 0 Å². The van der Waals surface area contributed by atoms with E-state index in [1.165, 1.54) is 0 Å². The largest absolute Gasteiger partial charge is 0.184 e. The van der Waals surface area contributed by atoms with Gasteiger partial charge in [-0.05, 0) is 7.92 Å². The predicted molar refractivity (Wildman–Crippen MR) is 60.3 cm³/mol. The van der Waals surface area contributed by atoms with Crippen LogP contribution in [-0.4, -0.2) is 20.0 Å². The van der Waals surface area contributed by atoms with E-state index >= 15 is 0 Å². The molecule has 3 heteroatoms. The molecule has 0 heterocycles. The minimum atomic E-state index is 0.120. The van der Waals surface area contributed by atoms with Crippen LogP contribution in [0.4, 0.5) is 0 Å². The molecule has 0 aliphatic carbocycles. The van der Waals surface area contributed by atoms with Crippen molar-refractivity contribution in [3.05, 3.63) is 36.4 Å². The standard InChI is InChI=1S/C6H5.C3H9P.BrH.Pd/c1-2-4-6-5-3-1;1-4(2)3;;/h1-5H;1-3H3;1H;/q-1;;;+2. The minimum absolute atomic E-state index is 0.120. The van der Waals surface area contributed by atoms with Crippen LogP contribution in [0.5, 0.6) is 0 Å². The molecule has 0 N–H and O–H groups in total. The molecule has 0 nitrogen and oxygen atoms in total. The fourth-order valence-electron chi connectivity index (χ4n) is 0.342. The van der Waals surface area contributed by atoms with E-state index in [4.69, 9.17) is 0 Å². The zero-order valence-corrected chi connectivity index (χ0v) is 11.7. The fourth-order valence-corrected chi connectivity index (χ4v) is 0.342. The molecule has 0 radical (unpaired) electrons. The molecule has 0 aliphatic rings. The maximum Gasteiger partial charge on any atom is -0.171 e. The Morgan fingerprint density at radius 1 is 1.00 bits per heavy atom. The molecule has 1 aromatic carbocycles. The number of benzene rings is 1. The molecule has 0 saturated carbocycles. The third-order valence-electron chi connectivity index (χ3n) is 0.607. The molecule has 0 spiro atoms. The summed E-state index contributed by atoms with van der Waals surface area (Å²) >= 11 is 5.35. The van der Waals surface area contributed by atoms with Crippen LogP contribution in [0.15, 0.2) is 30.3 Å². The van der Waals surface area contributed by atoms with Crippen molar-refractivity contribution in [2.75, 3.05) is 20.0 Å². The first-order chi connectivity index (χ1) is 5.73. The Bertz CT molecular complexity index is 115. The summed E-state index contributed by atoms with van der Waals surface area (Å²) in [4.78, 5) is 0. The van der Waals surface area contributed by atoms with Gasteiger partial charge in [-0.15, -0.1) is 0 Å². The molecular formula is C9H15BrPPd+. The molecule has 1 aromatic rings. The summed E-state index contributed by atoms with van der Waals surface area (Å²) < 4.78 is 0. The van der Waals surface area contributed by atoms with Crippen molar-refractivity contribution in [2.45, 2.75) is 0 Å². The van der Waals surface area contributed by atoms with Crippen molar-refractivity contribution in [3.63, 3.8) is 0 Å². The minimum Gasteiger partial charge on any atom is -0.184 e. The SMILES string of the molecule is C[PH+](C)C.[Br][Pd+].[c-]1ccccc1. The van der Waals surface area contributed by atoms with E-state index in [1.54, 1.807) is 0 Å². The molecule has 0 bridgehead atoms. The maximum absolute atomic E-state index is 2.89. The van der Waals surface area contributed by atoms with Gasteiger partial charge < -0.3 is 0 Å². The molecule has 0 unspecified atom stereocenters. The first-order valence-electron chi connectivity index (χ1n) is 3.53. The van der Waals surface area contributed by atoms with Gasteiger partial charge in [0.25, 0.3) is 0 Å². The van der Waals surface area contributed by atoms with Crippen LogP contribution in [0, 0.1) is 6.07 Å². The Morgan fingerprint density at radius 2 is 1.33 bits per heavy atom. The zero-order valence-electron chi connectivity index (χ0n) is 7.58. The summed E-state index contributed by atoms with van der Waals surface area (Å²) in [5.74, 6) is 0. The van der Waals surface area contributed by atoms with Gasteiger partial charge in [0.05, 0.1) is 0 Å². The topological polar surface area (TPSA) is 0 Å². The van der Waals surface area contributed by atoms with Crippen LogP contribution in [0.1, 0.15) is 0 Å². The van der Waals surface area contributed by atoms with Crippen molar-refractivity contribution < 1.29 is 17.2 Å². The van der Waals surface area contributed by atoms with Crippen LogP contribution in [-0.2, 0) is 17.2 Å². The molecule has 12 heavy (non-hydrogen) atoms. The Labute approximate surface area is 94.5 Å². The number of hydrogen-bond donors (Lipinski definition) is 0. The monoisotopic (exact) mass is 339 g/mol. The normalized spacial score (nSPS) is 7.58. The molecule has 1 rings (SSSR count). The Balaban J connectivity index is 0.